The summed E-state index contributed by atoms with van der Waals surface area (Å²) in [5.74, 6) is 1.83. The third-order valence-corrected chi connectivity index (χ3v) is 3.85. The van der Waals surface area contributed by atoms with Gasteiger partial charge in [-0.25, -0.2) is 9.97 Å². The van der Waals surface area contributed by atoms with Crippen molar-refractivity contribution in [3.63, 3.8) is 0 Å². The maximum absolute atomic E-state index is 5.80. The van der Waals surface area contributed by atoms with Crippen LogP contribution < -0.4 is 9.64 Å². The van der Waals surface area contributed by atoms with Gasteiger partial charge in [-0.1, -0.05) is 29.3 Å². The highest BCUT2D eigenvalue weighted by molar-refractivity contribution is 5.89. The van der Waals surface area contributed by atoms with Gasteiger partial charge in [0.25, 0.3) is 0 Å². The Morgan fingerprint density at radius 2 is 1.70 bits per heavy atom. The van der Waals surface area contributed by atoms with Crippen LogP contribution in [0.1, 0.15) is 11.1 Å². The normalized spacial score (nSPS) is 10.7. The molecule has 4 heteroatoms. The van der Waals surface area contributed by atoms with Crippen molar-refractivity contribution in [2.45, 2.75) is 13.8 Å². The molecule has 1 aromatic heterocycles. The third kappa shape index (κ3) is 3.59. The number of hydrogen-bond donors (Lipinski definition) is 0. The van der Waals surface area contributed by atoms with Crippen molar-refractivity contribution in [2.75, 3.05) is 25.1 Å². The first kappa shape index (κ1) is 15.3. The van der Waals surface area contributed by atoms with E-state index in [-0.39, 0.29) is 0 Å². The van der Waals surface area contributed by atoms with Crippen LogP contribution in [0.25, 0.3) is 10.9 Å². The molecule has 0 saturated heterocycles. The molecule has 0 bridgehead atoms. The molecule has 0 amide bonds. The smallest absolute Gasteiger partial charge is 0.139 e. The number of ether oxygens (including phenoxy) is 1. The van der Waals surface area contributed by atoms with Crippen LogP contribution in [0.4, 0.5) is 5.82 Å². The standard InChI is InChI=1S/C19H21N3O/c1-14-4-7-16(8-5-14)23-11-10-22(3)19-17-12-15(2)6-9-18(17)20-13-21-19/h4-9,12-13H,10-11H2,1-3H3. The van der Waals surface area contributed by atoms with Gasteiger partial charge >= 0.3 is 0 Å². The molecule has 0 aliphatic heterocycles. The molecule has 4 nitrogen and oxygen atoms in total. The molecule has 0 saturated carbocycles. The highest BCUT2D eigenvalue weighted by atomic mass is 16.5. The van der Waals surface area contributed by atoms with Gasteiger partial charge in [-0.2, -0.15) is 0 Å². The quantitative estimate of drug-likeness (QED) is 0.719. The number of anilines is 1. The summed E-state index contributed by atoms with van der Waals surface area (Å²) in [4.78, 5) is 10.9. The molecule has 0 aliphatic rings. The highest BCUT2D eigenvalue weighted by Gasteiger charge is 2.09. The molecule has 2 aromatic carbocycles. The zero-order valence-corrected chi connectivity index (χ0v) is 13.8. The summed E-state index contributed by atoms with van der Waals surface area (Å²) in [7, 11) is 2.03. The fourth-order valence-electron chi connectivity index (χ4n) is 2.50. The Morgan fingerprint density at radius 3 is 2.48 bits per heavy atom. The molecule has 0 unspecified atom stereocenters. The lowest BCUT2D eigenvalue weighted by Gasteiger charge is -2.20. The van der Waals surface area contributed by atoms with Crippen LogP contribution in [0.15, 0.2) is 48.8 Å². The molecule has 0 fully saturated rings. The first-order valence-electron chi connectivity index (χ1n) is 7.75. The second-order valence-electron chi connectivity index (χ2n) is 5.80. The Kier molecular flexibility index (Phi) is 4.42. The van der Waals surface area contributed by atoms with Gasteiger partial charge in [0.15, 0.2) is 0 Å². The van der Waals surface area contributed by atoms with Crippen LogP contribution in [0.5, 0.6) is 5.75 Å². The average Bonchev–Trinajstić information content (AvgIpc) is 2.56. The fraction of sp³-hybridized carbons (Fsp3) is 0.263. The van der Waals surface area contributed by atoms with Crippen molar-refractivity contribution >= 4 is 16.7 Å². The molecule has 1 heterocycles. The molecule has 0 radical (unpaired) electrons. The average molecular weight is 307 g/mol. The van der Waals surface area contributed by atoms with E-state index >= 15 is 0 Å². The summed E-state index contributed by atoms with van der Waals surface area (Å²) in [6.07, 6.45) is 1.62. The molecule has 0 aliphatic carbocycles. The van der Waals surface area contributed by atoms with Gasteiger partial charge in [-0.3, -0.25) is 0 Å². The lowest BCUT2D eigenvalue weighted by atomic mass is 10.1. The van der Waals surface area contributed by atoms with Crippen molar-refractivity contribution < 1.29 is 4.74 Å². The summed E-state index contributed by atoms with van der Waals surface area (Å²) < 4.78 is 5.80. The van der Waals surface area contributed by atoms with E-state index in [0.717, 1.165) is 29.0 Å². The van der Waals surface area contributed by atoms with Crippen molar-refractivity contribution in [1.82, 2.24) is 9.97 Å². The van der Waals surface area contributed by atoms with E-state index in [4.69, 9.17) is 4.74 Å². The van der Waals surface area contributed by atoms with Crippen LogP contribution in [0, 0.1) is 13.8 Å². The topological polar surface area (TPSA) is 38.2 Å². The molecule has 118 valence electrons. The van der Waals surface area contributed by atoms with E-state index in [1.165, 1.54) is 11.1 Å². The number of hydrogen-bond acceptors (Lipinski definition) is 4. The van der Waals surface area contributed by atoms with Gasteiger partial charge in [-0.15, -0.1) is 0 Å². The van der Waals surface area contributed by atoms with Gasteiger partial charge in [0.05, 0.1) is 12.1 Å². The van der Waals surface area contributed by atoms with Gasteiger partial charge in [0.2, 0.25) is 0 Å². The van der Waals surface area contributed by atoms with Gasteiger partial charge < -0.3 is 9.64 Å². The van der Waals surface area contributed by atoms with Crippen LogP contribution in [0.3, 0.4) is 0 Å². The number of rotatable bonds is 5. The van der Waals surface area contributed by atoms with Crippen molar-refractivity contribution in [1.29, 1.82) is 0 Å². The monoisotopic (exact) mass is 307 g/mol. The van der Waals surface area contributed by atoms with Gasteiger partial charge in [0, 0.05) is 12.4 Å². The first-order valence-corrected chi connectivity index (χ1v) is 7.75. The Balaban J connectivity index is 1.69. The third-order valence-electron chi connectivity index (χ3n) is 3.85. The van der Waals surface area contributed by atoms with E-state index < -0.39 is 0 Å². The number of aromatic nitrogens is 2. The molecular weight excluding hydrogens is 286 g/mol. The molecule has 3 rings (SSSR count). The van der Waals surface area contributed by atoms with E-state index in [0.29, 0.717) is 6.61 Å². The van der Waals surface area contributed by atoms with E-state index in [1.807, 2.05) is 25.2 Å². The van der Waals surface area contributed by atoms with Crippen LogP contribution in [0.2, 0.25) is 0 Å². The number of aryl methyl sites for hydroxylation is 2. The number of likely N-dealkylation sites (N-methyl/N-ethyl adjacent to an activating group) is 1. The summed E-state index contributed by atoms with van der Waals surface area (Å²) in [5.41, 5.74) is 3.40. The minimum absolute atomic E-state index is 0.608. The largest absolute Gasteiger partial charge is 0.492 e. The second kappa shape index (κ2) is 6.65. The maximum Gasteiger partial charge on any atom is 0.139 e. The predicted octanol–water partition coefficient (Wildman–Crippen LogP) is 3.76. The fourth-order valence-corrected chi connectivity index (χ4v) is 2.50. The first-order chi connectivity index (χ1) is 11.1. The van der Waals surface area contributed by atoms with E-state index in [2.05, 4.69) is 53.0 Å². The summed E-state index contributed by atoms with van der Waals surface area (Å²) in [5, 5.41) is 1.07. The predicted molar refractivity (Wildman–Crippen MR) is 94.2 cm³/mol. The molecule has 23 heavy (non-hydrogen) atoms. The van der Waals surface area contributed by atoms with E-state index in [1.54, 1.807) is 6.33 Å². The number of benzene rings is 2. The van der Waals surface area contributed by atoms with E-state index in [9.17, 15) is 0 Å². The Morgan fingerprint density at radius 1 is 0.957 bits per heavy atom. The van der Waals surface area contributed by atoms with Crippen LogP contribution in [-0.2, 0) is 0 Å². The van der Waals surface area contributed by atoms with Crippen molar-refractivity contribution in [3.8, 4) is 5.75 Å². The van der Waals surface area contributed by atoms with Crippen LogP contribution in [-0.4, -0.2) is 30.2 Å². The minimum atomic E-state index is 0.608. The SMILES string of the molecule is Cc1ccc(OCCN(C)c2ncnc3ccc(C)cc23)cc1. The van der Waals surface area contributed by atoms with Crippen molar-refractivity contribution in [2.24, 2.45) is 0 Å². The molecular formula is C19H21N3O. The van der Waals surface area contributed by atoms with Gasteiger partial charge in [0.1, 0.15) is 24.5 Å². The molecule has 3 aromatic rings. The molecule has 0 atom stereocenters. The van der Waals surface area contributed by atoms with Gasteiger partial charge in [-0.05, 0) is 38.1 Å². The Hall–Kier alpha value is -2.62. The summed E-state index contributed by atoms with van der Waals surface area (Å²) >= 11 is 0. The zero-order valence-electron chi connectivity index (χ0n) is 13.8. The summed E-state index contributed by atoms with van der Waals surface area (Å²) in [6.45, 7) is 5.52. The Labute approximate surface area is 136 Å². The minimum Gasteiger partial charge on any atom is -0.492 e. The number of fused-ring (bicyclic) bond motifs is 1. The van der Waals surface area contributed by atoms with Crippen LogP contribution >= 0.6 is 0 Å². The number of nitrogens with zero attached hydrogens (tertiary/aromatic N) is 3. The Bertz CT molecular complexity index is 799. The van der Waals surface area contributed by atoms with Crippen molar-refractivity contribution in [3.05, 3.63) is 59.9 Å². The molecule has 0 spiro atoms. The highest BCUT2D eigenvalue weighted by Crippen LogP contribution is 2.23. The summed E-state index contributed by atoms with van der Waals surface area (Å²) in [6, 6.07) is 14.3. The zero-order chi connectivity index (χ0) is 16.2. The lowest BCUT2D eigenvalue weighted by Crippen LogP contribution is -2.25. The molecule has 0 N–H and O–H groups in total. The lowest BCUT2D eigenvalue weighted by molar-refractivity contribution is 0.325. The maximum atomic E-state index is 5.80. The second-order valence-corrected chi connectivity index (χ2v) is 5.80.